The zero-order valence-corrected chi connectivity index (χ0v) is 13.3. The van der Waals surface area contributed by atoms with Crippen molar-refractivity contribution >= 4 is 6.03 Å². The first-order valence-electron chi connectivity index (χ1n) is 8.16. The van der Waals surface area contributed by atoms with Crippen LogP contribution in [0.2, 0.25) is 0 Å². The lowest BCUT2D eigenvalue weighted by molar-refractivity contribution is 0.120. The van der Waals surface area contributed by atoms with Crippen LogP contribution < -0.4 is 4.74 Å². The quantitative estimate of drug-likeness (QED) is 0.833. The Bertz CT molecular complexity index is 486. The number of likely N-dealkylation sites (N-methyl/N-ethyl adjacent to an activating group) is 1. The highest BCUT2D eigenvalue weighted by atomic mass is 16.5. The number of carbonyl (C=O) groups excluding carboxylic acids is 1. The van der Waals surface area contributed by atoms with E-state index in [-0.39, 0.29) is 6.03 Å². The Balaban J connectivity index is 1.38. The van der Waals surface area contributed by atoms with Gasteiger partial charge in [-0.3, -0.25) is 4.90 Å². The van der Waals surface area contributed by atoms with E-state index in [1.165, 1.54) is 0 Å². The first-order chi connectivity index (χ1) is 10.7. The molecule has 0 aliphatic carbocycles. The Morgan fingerprint density at radius 1 is 1.09 bits per heavy atom. The van der Waals surface area contributed by atoms with Gasteiger partial charge in [-0.05, 0) is 25.0 Å². The molecule has 0 N–H and O–H groups in total. The molecule has 3 rings (SSSR count). The average Bonchev–Trinajstić information content (AvgIpc) is 2.89. The number of benzene rings is 1. The summed E-state index contributed by atoms with van der Waals surface area (Å²) in [5, 5.41) is 0. The number of likely N-dealkylation sites (tertiary alicyclic amines) is 1. The molecule has 2 heterocycles. The number of nitrogens with zero attached hydrogens (tertiary/aromatic N) is 3. The topological polar surface area (TPSA) is 36.0 Å². The lowest BCUT2D eigenvalue weighted by Gasteiger charge is -2.36. The summed E-state index contributed by atoms with van der Waals surface area (Å²) in [6, 6.07) is 10.6. The van der Waals surface area contributed by atoms with Gasteiger partial charge in [0.15, 0.2) is 0 Å². The summed E-state index contributed by atoms with van der Waals surface area (Å²) in [6.07, 6.45) is 2.15. The van der Waals surface area contributed by atoms with Crippen LogP contribution in [-0.2, 0) is 0 Å². The van der Waals surface area contributed by atoms with E-state index < -0.39 is 0 Å². The van der Waals surface area contributed by atoms with Crippen molar-refractivity contribution in [1.82, 2.24) is 14.7 Å². The Morgan fingerprint density at radius 3 is 2.45 bits per heavy atom. The number of hydrogen-bond acceptors (Lipinski definition) is 3. The molecule has 2 aliphatic rings. The maximum atomic E-state index is 12.0. The second-order valence-electron chi connectivity index (χ2n) is 6.13. The third-order valence-electron chi connectivity index (χ3n) is 4.67. The molecule has 5 nitrogen and oxygen atoms in total. The molecule has 0 atom stereocenters. The van der Waals surface area contributed by atoms with Crippen LogP contribution in [0.15, 0.2) is 30.3 Å². The Labute approximate surface area is 132 Å². The molecular weight excluding hydrogens is 278 g/mol. The molecule has 2 fully saturated rings. The lowest BCUT2D eigenvalue weighted by atomic mass is 10.0. The largest absolute Gasteiger partial charge is 0.492 e. The van der Waals surface area contributed by atoms with Gasteiger partial charge in [-0.1, -0.05) is 18.2 Å². The molecule has 2 aliphatic heterocycles. The average molecular weight is 303 g/mol. The fourth-order valence-corrected chi connectivity index (χ4v) is 3.27. The van der Waals surface area contributed by atoms with Gasteiger partial charge in [0, 0.05) is 45.8 Å². The standard InChI is InChI=1S/C17H25N3O2/c1-18-11-12-20(17(18)21)15-7-9-19(10-8-15)13-14-22-16-5-3-2-4-6-16/h2-6,15H,7-14H2,1H3. The second-order valence-corrected chi connectivity index (χ2v) is 6.13. The van der Waals surface area contributed by atoms with Gasteiger partial charge in [0.1, 0.15) is 12.4 Å². The zero-order valence-electron chi connectivity index (χ0n) is 13.3. The van der Waals surface area contributed by atoms with E-state index in [1.54, 1.807) is 0 Å². The van der Waals surface area contributed by atoms with Crippen LogP contribution in [0.4, 0.5) is 4.79 Å². The fraction of sp³-hybridized carbons (Fsp3) is 0.588. The summed E-state index contributed by atoms with van der Waals surface area (Å²) in [6.45, 7) is 5.53. The first kappa shape index (κ1) is 15.2. The molecule has 1 aromatic rings. The number of urea groups is 1. The number of piperidine rings is 1. The number of amides is 2. The van der Waals surface area contributed by atoms with Gasteiger partial charge in [-0.15, -0.1) is 0 Å². The van der Waals surface area contributed by atoms with Crippen molar-refractivity contribution in [3.8, 4) is 5.75 Å². The predicted molar refractivity (Wildman–Crippen MR) is 86.1 cm³/mol. The van der Waals surface area contributed by atoms with E-state index in [0.29, 0.717) is 6.04 Å². The highest BCUT2D eigenvalue weighted by Gasteiger charge is 2.33. The summed E-state index contributed by atoms with van der Waals surface area (Å²) in [5.74, 6) is 0.933. The molecule has 2 saturated heterocycles. The van der Waals surface area contributed by atoms with Crippen LogP contribution in [0.1, 0.15) is 12.8 Å². The molecular formula is C17H25N3O2. The number of ether oxygens (including phenoxy) is 1. The first-order valence-corrected chi connectivity index (χ1v) is 8.16. The van der Waals surface area contributed by atoms with E-state index in [2.05, 4.69) is 9.80 Å². The van der Waals surface area contributed by atoms with E-state index in [0.717, 1.165) is 57.9 Å². The predicted octanol–water partition coefficient (Wildman–Crippen LogP) is 1.90. The minimum absolute atomic E-state index is 0.200. The van der Waals surface area contributed by atoms with Crippen LogP contribution in [0.25, 0.3) is 0 Å². The smallest absolute Gasteiger partial charge is 0.320 e. The highest BCUT2D eigenvalue weighted by molar-refractivity contribution is 5.76. The summed E-state index contributed by atoms with van der Waals surface area (Å²) in [4.78, 5) is 18.3. The molecule has 120 valence electrons. The van der Waals surface area contributed by atoms with Gasteiger partial charge < -0.3 is 14.5 Å². The molecule has 1 aromatic carbocycles. The Morgan fingerprint density at radius 2 is 1.82 bits per heavy atom. The molecule has 0 spiro atoms. The number of para-hydroxylation sites is 1. The van der Waals surface area contributed by atoms with E-state index in [9.17, 15) is 4.79 Å². The lowest BCUT2D eigenvalue weighted by Crippen LogP contribution is -2.47. The van der Waals surface area contributed by atoms with Gasteiger partial charge in [0.25, 0.3) is 0 Å². The van der Waals surface area contributed by atoms with Gasteiger partial charge in [0.2, 0.25) is 0 Å². The summed E-state index contributed by atoms with van der Waals surface area (Å²) in [5.41, 5.74) is 0. The van der Waals surface area contributed by atoms with Gasteiger partial charge in [-0.2, -0.15) is 0 Å². The monoisotopic (exact) mass is 303 g/mol. The summed E-state index contributed by atoms with van der Waals surface area (Å²) in [7, 11) is 1.89. The van der Waals surface area contributed by atoms with E-state index >= 15 is 0 Å². The van der Waals surface area contributed by atoms with E-state index in [4.69, 9.17) is 4.74 Å². The molecule has 0 unspecified atom stereocenters. The Hall–Kier alpha value is -1.75. The van der Waals surface area contributed by atoms with Crippen molar-refractivity contribution in [2.75, 3.05) is 46.4 Å². The van der Waals surface area contributed by atoms with Crippen LogP contribution in [0.3, 0.4) is 0 Å². The molecule has 0 bridgehead atoms. The maximum Gasteiger partial charge on any atom is 0.320 e. The fourth-order valence-electron chi connectivity index (χ4n) is 3.27. The molecule has 22 heavy (non-hydrogen) atoms. The van der Waals surface area contributed by atoms with Crippen LogP contribution in [0, 0.1) is 0 Å². The molecule has 0 radical (unpaired) electrons. The minimum Gasteiger partial charge on any atom is -0.492 e. The van der Waals surface area contributed by atoms with Gasteiger partial charge in [-0.25, -0.2) is 4.79 Å². The summed E-state index contributed by atoms with van der Waals surface area (Å²) >= 11 is 0. The Kier molecular flexibility index (Phi) is 4.83. The van der Waals surface area contributed by atoms with Crippen LogP contribution in [0.5, 0.6) is 5.75 Å². The number of rotatable bonds is 5. The van der Waals surface area contributed by atoms with Crippen molar-refractivity contribution in [3.05, 3.63) is 30.3 Å². The molecule has 0 saturated carbocycles. The van der Waals surface area contributed by atoms with Crippen molar-refractivity contribution in [2.45, 2.75) is 18.9 Å². The summed E-state index contributed by atoms with van der Waals surface area (Å²) < 4.78 is 5.75. The van der Waals surface area contributed by atoms with E-state index in [1.807, 2.05) is 42.3 Å². The number of hydrogen-bond donors (Lipinski definition) is 0. The SMILES string of the molecule is CN1CCN(C2CCN(CCOc3ccccc3)CC2)C1=O. The normalized spacial score (nSPS) is 20.7. The van der Waals surface area contributed by atoms with Gasteiger partial charge >= 0.3 is 6.03 Å². The maximum absolute atomic E-state index is 12.0. The number of carbonyl (C=O) groups is 1. The van der Waals surface area contributed by atoms with Crippen LogP contribution in [-0.4, -0.2) is 73.2 Å². The second kappa shape index (κ2) is 7.01. The third-order valence-corrected chi connectivity index (χ3v) is 4.67. The zero-order chi connectivity index (χ0) is 15.4. The van der Waals surface area contributed by atoms with Crippen molar-refractivity contribution in [3.63, 3.8) is 0 Å². The minimum atomic E-state index is 0.200. The molecule has 2 amide bonds. The third kappa shape index (κ3) is 3.53. The highest BCUT2D eigenvalue weighted by Crippen LogP contribution is 2.20. The molecule has 0 aromatic heterocycles. The molecule has 5 heteroatoms. The van der Waals surface area contributed by atoms with Crippen molar-refractivity contribution in [1.29, 1.82) is 0 Å². The van der Waals surface area contributed by atoms with Crippen molar-refractivity contribution in [2.24, 2.45) is 0 Å². The van der Waals surface area contributed by atoms with Crippen molar-refractivity contribution < 1.29 is 9.53 Å². The van der Waals surface area contributed by atoms with Crippen LogP contribution >= 0.6 is 0 Å². The van der Waals surface area contributed by atoms with Gasteiger partial charge in [0.05, 0.1) is 0 Å².